The third-order valence-corrected chi connectivity index (χ3v) is 6.87. The molecule has 3 heterocycles. The van der Waals surface area contributed by atoms with Gasteiger partial charge in [-0.15, -0.1) is 0 Å². The second-order valence-electron chi connectivity index (χ2n) is 9.02. The molecule has 3 fully saturated rings. The van der Waals surface area contributed by atoms with E-state index in [9.17, 15) is 14.4 Å². The fraction of sp³-hybridized carbons (Fsp3) is 0.682. The van der Waals surface area contributed by atoms with Crippen LogP contribution < -0.4 is 10.6 Å². The van der Waals surface area contributed by atoms with Crippen molar-refractivity contribution in [1.29, 1.82) is 0 Å². The molecule has 8 nitrogen and oxygen atoms in total. The van der Waals surface area contributed by atoms with Gasteiger partial charge in [-0.05, 0) is 69.7 Å². The second kappa shape index (κ2) is 8.79. The van der Waals surface area contributed by atoms with Gasteiger partial charge in [0.05, 0.1) is 12.3 Å². The standard InChI is InChI=1S/C22H32N4O4/c1-16-7-9-22(10-8-16)20(28)26(21(29)24-22)15-19(27)23-14-17(18-6-5-13-30-18)25-11-3-2-4-12-25/h5-6,13,16-17H,2-4,7-12,14-15H2,1H3,(H,23,27)(H,24,29). The van der Waals surface area contributed by atoms with E-state index < -0.39 is 11.6 Å². The number of amides is 4. The molecule has 2 aliphatic heterocycles. The molecule has 4 amide bonds. The number of hydrogen-bond donors (Lipinski definition) is 2. The molecule has 1 saturated carbocycles. The molecule has 1 spiro atoms. The highest BCUT2D eigenvalue weighted by Crippen LogP contribution is 2.36. The summed E-state index contributed by atoms with van der Waals surface area (Å²) in [4.78, 5) is 41.4. The number of piperidine rings is 1. The zero-order chi connectivity index (χ0) is 21.1. The predicted molar refractivity (Wildman–Crippen MR) is 110 cm³/mol. The number of carbonyl (C=O) groups excluding carboxylic acids is 3. The molecule has 3 aliphatic rings. The van der Waals surface area contributed by atoms with Gasteiger partial charge in [0, 0.05) is 6.54 Å². The van der Waals surface area contributed by atoms with Crippen LogP contribution >= 0.6 is 0 Å². The summed E-state index contributed by atoms with van der Waals surface area (Å²) < 4.78 is 5.61. The van der Waals surface area contributed by atoms with Gasteiger partial charge in [-0.3, -0.25) is 19.4 Å². The van der Waals surface area contributed by atoms with Crippen molar-refractivity contribution in [2.24, 2.45) is 5.92 Å². The molecule has 0 aromatic carbocycles. The molecule has 1 unspecified atom stereocenters. The molecule has 2 N–H and O–H groups in total. The minimum Gasteiger partial charge on any atom is -0.468 e. The average Bonchev–Trinajstić information content (AvgIpc) is 3.35. The van der Waals surface area contributed by atoms with Crippen LogP contribution in [0.1, 0.15) is 63.7 Å². The van der Waals surface area contributed by atoms with Crippen molar-refractivity contribution in [2.45, 2.75) is 63.5 Å². The highest BCUT2D eigenvalue weighted by molar-refractivity contribution is 6.09. The van der Waals surface area contributed by atoms with E-state index in [2.05, 4.69) is 22.5 Å². The number of carbonyl (C=O) groups is 3. The van der Waals surface area contributed by atoms with E-state index >= 15 is 0 Å². The Balaban J connectivity index is 1.35. The Kier molecular flexibility index (Phi) is 6.13. The van der Waals surface area contributed by atoms with Gasteiger partial charge in [0.1, 0.15) is 17.8 Å². The number of imide groups is 1. The first-order valence-electron chi connectivity index (χ1n) is 11.2. The fourth-order valence-electron chi connectivity index (χ4n) is 4.94. The molecule has 164 valence electrons. The van der Waals surface area contributed by atoms with Crippen LogP contribution in [0.3, 0.4) is 0 Å². The van der Waals surface area contributed by atoms with Crippen molar-refractivity contribution in [3.63, 3.8) is 0 Å². The van der Waals surface area contributed by atoms with Crippen LogP contribution in [0.4, 0.5) is 4.79 Å². The predicted octanol–water partition coefficient (Wildman–Crippen LogP) is 2.42. The lowest BCUT2D eigenvalue weighted by molar-refractivity contribution is -0.136. The van der Waals surface area contributed by atoms with Gasteiger partial charge < -0.3 is 15.1 Å². The second-order valence-corrected chi connectivity index (χ2v) is 9.02. The fourth-order valence-corrected chi connectivity index (χ4v) is 4.94. The van der Waals surface area contributed by atoms with Gasteiger partial charge in [0.2, 0.25) is 5.91 Å². The van der Waals surface area contributed by atoms with Crippen LogP contribution in [0.2, 0.25) is 0 Å². The van der Waals surface area contributed by atoms with Gasteiger partial charge in [-0.25, -0.2) is 4.79 Å². The topological polar surface area (TPSA) is 94.9 Å². The molecule has 2 saturated heterocycles. The van der Waals surface area contributed by atoms with Gasteiger partial charge in [-0.2, -0.15) is 0 Å². The Morgan fingerprint density at radius 1 is 1.27 bits per heavy atom. The molecule has 8 heteroatoms. The van der Waals surface area contributed by atoms with Crippen LogP contribution in [0, 0.1) is 5.92 Å². The summed E-state index contributed by atoms with van der Waals surface area (Å²) in [5, 5.41) is 5.79. The average molecular weight is 417 g/mol. The van der Waals surface area contributed by atoms with E-state index in [0.717, 1.165) is 49.4 Å². The van der Waals surface area contributed by atoms with Gasteiger partial charge in [0.15, 0.2) is 0 Å². The lowest BCUT2D eigenvalue weighted by atomic mass is 9.77. The van der Waals surface area contributed by atoms with Crippen LogP contribution in [0.25, 0.3) is 0 Å². The monoisotopic (exact) mass is 416 g/mol. The summed E-state index contributed by atoms with van der Waals surface area (Å²) in [7, 11) is 0. The number of urea groups is 1. The summed E-state index contributed by atoms with van der Waals surface area (Å²) in [6.45, 7) is 4.24. The van der Waals surface area contributed by atoms with Gasteiger partial charge >= 0.3 is 6.03 Å². The van der Waals surface area contributed by atoms with E-state index in [4.69, 9.17) is 4.42 Å². The van der Waals surface area contributed by atoms with E-state index in [0.29, 0.717) is 25.3 Å². The normalized spacial score (nSPS) is 28.6. The molecule has 1 aromatic rings. The lowest BCUT2D eigenvalue weighted by Gasteiger charge is -2.34. The molecule has 1 atom stereocenters. The molecule has 1 aromatic heterocycles. The number of rotatable bonds is 6. The maximum Gasteiger partial charge on any atom is 0.325 e. The third kappa shape index (κ3) is 4.24. The number of hydrogen-bond acceptors (Lipinski definition) is 5. The number of furan rings is 1. The van der Waals surface area contributed by atoms with Crippen LogP contribution in [-0.2, 0) is 9.59 Å². The maximum atomic E-state index is 12.9. The highest BCUT2D eigenvalue weighted by atomic mass is 16.3. The first-order chi connectivity index (χ1) is 14.5. The molecular weight excluding hydrogens is 384 g/mol. The van der Waals surface area contributed by atoms with Crippen molar-refractivity contribution in [1.82, 2.24) is 20.4 Å². The molecule has 0 bridgehead atoms. The summed E-state index contributed by atoms with van der Waals surface area (Å²) in [6, 6.07) is 3.28. The zero-order valence-corrected chi connectivity index (χ0v) is 17.7. The van der Waals surface area contributed by atoms with E-state index in [1.165, 1.54) is 6.42 Å². The Bertz CT molecular complexity index is 764. The quantitative estimate of drug-likeness (QED) is 0.695. The van der Waals surface area contributed by atoms with Crippen LogP contribution in [-0.4, -0.2) is 59.4 Å². The smallest absolute Gasteiger partial charge is 0.325 e. The van der Waals surface area contributed by atoms with E-state index in [1.807, 2.05) is 12.1 Å². The maximum absolute atomic E-state index is 12.9. The summed E-state index contributed by atoms with van der Waals surface area (Å²) >= 11 is 0. The minimum absolute atomic E-state index is 0.0430. The highest BCUT2D eigenvalue weighted by Gasteiger charge is 2.52. The summed E-state index contributed by atoms with van der Waals surface area (Å²) in [6.07, 6.45) is 8.24. The van der Waals surface area contributed by atoms with Gasteiger partial charge in [-0.1, -0.05) is 13.3 Å². The largest absolute Gasteiger partial charge is 0.468 e. The third-order valence-electron chi connectivity index (χ3n) is 6.87. The molecule has 1 aliphatic carbocycles. The molecule has 30 heavy (non-hydrogen) atoms. The van der Waals surface area contributed by atoms with Crippen LogP contribution in [0.5, 0.6) is 0 Å². The molecule has 0 radical (unpaired) electrons. The first-order valence-corrected chi connectivity index (χ1v) is 11.2. The number of nitrogens with zero attached hydrogens (tertiary/aromatic N) is 2. The molecule has 4 rings (SSSR count). The molecular formula is C22H32N4O4. The SMILES string of the molecule is CC1CCC2(CC1)NC(=O)N(CC(=O)NCC(c1ccco1)N1CCCCC1)C2=O. The number of likely N-dealkylation sites (tertiary alicyclic amines) is 1. The van der Waals surface area contributed by atoms with E-state index in [1.54, 1.807) is 6.26 Å². The zero-order valence-electron chi connectivity index (χ0n) is 17.7. The van der Waals surface area contributed by atoms with Crippen molar-refractivity contribution in [3.8, 4) is 0 Å². The Hall–Kier alpha value is -2.35. The van der Waals surface area contributed by atoms with Crippen molar-refractivity contribution >= 4 is 17.8 Å². The van der Waals surface area contributed by atoms with Gasteiger partial charge in [0.25, 0.3) is 5.91 Å². The Morgan fingerprint density at radius 3 is 2.67 bits per heavy atom. The van der Waals surface area contributed by atoms with E-state index in [-0.39, 0.29) is 24.4 Å². The Morgan fingerprint density at radius 2 is 2.00 bits per heavy atom. The Labute approximate surface area is 177 Å². The van der Waals surface area contributed by atoms with Crippen molar-refractivity contribution in [3.05, 3.63) is 24.2 Å². The summed E-state index contributed by atoms with van der Waals surface area (Å²) in [5.41, 5.74) is -0.811. The summed E-state index contributed by atoms with van der Waals surface area (Å²) in [5.74, 6) is 0.801. The lowest BCUT2D eigenvalue weighted by Crippen LogP contribution is -2.50. The minimum atomic E-state index is -0.811. The van der Waals surface area contributed by atoms with Crippen molar-refractivity contribution in [2.75, 3.05) is 26.2 Å². The van der Waals surface area contributed by atoms with Crippen molar-refractivity contribution < 1.29 is 18.8 Å². The van der Waals surface area contributed by atoms with Crippen LogP contribution in [0.15, 0.2) is 22.8 Å². The number of nitrogens with one attached hydrogen (secondary N) is 2. The first kappa shape index (κ1) is 20.9.